The monoisotopic (exact) mass is 433 g/mol. The standard InChI is InChI=1S/C19H17F2N5O3S/c1-10-6-15(25-29-10)18(28)24-19-23-14-4-5-26(8-16(14)30-19)9-17(27)22-13-3-2-11(20)7-12(13)21/h2-3,6-7H,4-5,8-9H2,1H3,(H,22,27)(H,23,24,28). The van der Waals surface area contributed by atoms with Crippen LogP contribution in [-0.2, 0) is 17.8 Å². The molecule has 0 spiro atoms. The maximum atomic E-state index is 13.7. The molecular weight excluding hydrogens is 416 g/mol. The van der Waals surface area contributed by atoms with Crippen LogP contribution in [0.4, 0.5) is 19.6 Å². The Labute approximate surface area is 173 Å². The second kappa shape index (κ2) is 8.28. The van der Waals surface area contributed by atoms with Gasteiger partial charge in [-0.25, -0.2) is 13.8 Å². The number of benzene rings is 1. The average molecular weight is 433 g/mol. The summed E-state index contributed by atoms with van der Waals surface area (Å²) in [7, 11) is 0. The molecule has 3 heterocycles. The van der Waals surface area contributed by atoms with Crippen molar-refractivity contribution in [3.05, 3.63) is 57.9 Å². The highest BCUT2D eigenvalue weighted by Crippen LogP contribution is 2.28. The third-order valence-electron chi connectivity index (χ3n) is 4.46. The quantitative estimate of drug-likeness (QED) is 0.642. The molecule has 1 aliphatic heterocycles. The third kappa shape index (κ3) is 4.52. The number of rotatable bonds is 5. The molecule has 0 aliphatic carbocycles. The van der Waals surface area contributed by atoms with E-state index in [9.17, 15) is 18.4 Å². The molecule has 4 rings (SSSR count). The van der Waals surface area contributed by atoms with Crippen LogP contribution in [0.25, 0.3) is 0 Å². The number of amides is 2. The Hall–Kier alpha value is -3.18. The highest BCUT2D eigenvalue weighted by atomic mass is 32.1. The number of halogens is 2. The fourth-order valence-corrected chi connectivity index (χ4v) is 4.10. The van der Waals surface area contributed by atoms with Gasteiger partial charge in [0.2, 0.25) is 5.91 Å². The van der Waals surface area contributed by atoms with E-state index in [1.165, 1.54) is 23.5 Å². The summed E-state index contributed by atoms with van der Waals surface area (Å²) in [5.41, 5.74) is 0.977. The first kappa shape index (κ1) is 20.1. The van der Waals surface area contributed by atoms with Crippen LogP contribution < -0.4 is 10.6 Å². The van der Waals surface area contributed by atoms with Gasteiger partial charge in [0.05, 0.1) is 17.9 Å². The molecule has 2 N–H and O–H groups in total. The Kier molecular flexibility index (Phi) is 5.55. The zero-order chi connectivity index (χ0) is 21.3. The summed E-state index contributed by atoms with van der Waals surface area (Å²) >= 11 is 1.33. The highest BCUT2D eigenvalue weighted by Gasteiger charge is 2.24. The number of carbonyl (C=O) groups is 2. The van der Waals surface area contributed by atoms with E-state index in [4.69, 9.17) is 4.52 Å². The molecule has 0 saturated heterocycles. The number of hydrogen-bond donors (Lipinski definition) is 2. The number of nitrogens with one attached hydrogen (secondary N) is 2. The number of thiazole rings is 1. The highest BCUT2D eigenvalue weighted by molar-refractivity contribution is 7.15. The van der Waals surface area contributed by atoms with Gasteiger partial charge < -0.3 is 9.84 Å². The van der Waals surface area contributed by atoms with Crippen LogP contribution in [0.15, 0.2) is 28.8 Å². The Morgan fingerprint density at radius 2 is 2.10 bits per heavy atom. The van der Waals surface area contributed by atoms with Gasteiger partial charge in [-0.15, -0.1) is 11.3 Å². The van der Waals surface area contributed by atoms with Crippen LogP contribution in [-0.4, -0.2) is 39.9 Å². The first-order chi connectivity index (χ1) is 14.4. The summed E-state index contributed by atoms with van der Waals surface area (Å²) in [5, 5.41) is 9.28. The maximum Gasteiger partial charge on any atom is 0.279 e. The summed E-state index contributed by atoms with van der Waals surface area (Å²) in [5.74, 6) is -1.80. The molecule has 1 aliphatic rings. The van der Waals surface area contributed by atoms with Crippen molar-refractivity contribution in [2.75, 3.05) is 23.7 Å². The normalized spacial score (nSPS) is 13.7. The minimum Gasteiger partial charge on any atom is -0.361 e. The van der Waals surface area contributed by atoms with E-state index >= 15 is 0 Å². The molecule has 1 aromatic carbocycles. The lowest BCUT2D eigenvalue weighted by Gasteiger charge is -2.25. The molecule has 0 fully saturated rings. The molecule has 0 saturated carbocycles. The molecule has 0 atom stereocenters. The van der Waals surface area contributed by atoms with Crippen molar-refractivity contribution in [1.29, 1.82) is 0 Å². The number of nitrogens with zero attached hydrogens (tertiary/aromatic N) is 3. The second-order valence-electron chi connectivity index (χ2n) is 6.80. The zero-order valence-electron chi connectivity index (χ0n) is 15.9. The van der Waals surface area contributed by atoms with Crippen molar-refractivity contribution in [3.63, 3.8) is 0 Å². The van der Waals surface area contributed by atoms with Crippen LogP contribution >= 0.6 is 11.3 Å². The van der Waals surface area contributed by atoms with Crippen molar-refractivity contribution in [2.45, 2.75) is 19.9 Å². The van der Waals surface area contributed by atoms with Crippen molar-refractivity contribution in [2.24, 2.45) is 0 Å². The smallest absolute Gasteiger partial charge is 0.279 e. The lowest BCUT2D eigenvalue weighted by molar-refractivity contribution is -0.117. The number of fused-ring (bicyclic) bond motifs is 1. The maximum absolute atomic E-state index is 13.7. The molecular formula is C19H17F2N5O3S. The molecule has 3 aromatic rings. The van der Waals surface area contributed by atoms with Crippen LogP contribution in [0.5, 0.6) is 0 Å². The van der Waals surface area contributed by atoms with Crippen LogP contribution in [0.1, 0.15) is 26.8 Å². The lowest BCUT2D eigenvalue weighted by atomic mass is 10.2. The lowest BCUT2D eigenvalue weighted by Crippen LogP contribution is -2.36. The number of aryl methyl sites for hydroxylation is 1. The van der Waals surface area contributed by atoms with Gasteiger partial charge in [0.1, 0.15) is 17.4 Å². The van der Waals surface area contributed by atoms with Crippen molar-refractivity contribution in [1.82, 2.24) is 15.0 Å². The van der Waals surface area contributed by atoms with E-state index < -0.39 is 23.4 Å². The molecule has 2 aromatic heterocycles. The predicted molar refractivity (Wildman–Crippen MR) is 105 cm³/mol. The SMILES string of the molecule is Cc1cc(C(=O)Nc2nc3c(s2)CN(CC(=O)Nc2ccc(F)cc2F)CC3)no1. The molecule has 0 radical (unpaired) electrons. The number of carbonyl (C=O) groups excluding carboxylic acids is 2. The second-order valence-corrected chi connectivity index (χ2v) is 7.88. The summed E-state index contributed by atoms with van der Waals surface area (Å²) in [6, 6.07) is 4.52. The number of anilines is 2. The van der Waals surface area contributed by atoms with Crippen molar-refractivity contribution in [3.8, 4) is 0 Å². The number of aromatic nitrogens is 2. The Morgan fingerprint density at radius 3 is 2.83 bits per heavy atom. The van der Waals surface area contributed by atoms with Gasteiger partial charge in [0.25, 0.3) is 5.91 Å². The van der Waals surface area contributed by atoms with Gasteiger partial charge >= 0.3 is 0 Å². The molecule has 0 unspecified atom stereocenters. The van der Waals surface area contributed by atoms with Gasteiger partial charge in [-0.2, -0.15) is 0 Å². The minimum atomic E-state index is -0.825. The predicted octanol–water partition coefficient (Wildman–Crippen LogP) is 2.97. The van der Waals surface area contributed by atoms with Gasteiger partial charge in [-0.1, -0.05) is 5.16 Å². The summed E-state index contributed by atoms with van der Waals surface area (Å²) < 4.78 is 31.6. The van der Waals surface area contributed by atoms with E-state index in [0.29, 0.717) is 30.4 Å². The fourth-order valence-electron chi connectivity index (χ4n) is 3.06. The zero-order valence-corrected chi connectivity index (χ0v) is 16.7. The minimum absolute atomic E-state index is 0.0497. The van der Waals surface area contributed by atoms with E-state index in [1.807, 2.05) is 4.90 Å². The van der Waals surface area contributed by atoms with Gasteiger partial charge in [0.15, 0.2) is 10.8 Å². The van der Waals surface area contributed by atoms with E-state index in [2.05, 4.69) is 20.8 Å². The van der Waals surface area contributed by atoms with Gasteiger partial charge in [0, 0.05) is 36.5 Å². The molecule has 8 nitrogen and oxygen atoms in total. The van der Waals surface area contributed by atoms with E-state index in [-0.39, 0.29) is 17.9 Å². The van der Waals surface area contributed by atoms with Crippen LogP contribution in [0.3, 0.4) is 0 Å². The van der Waals surface area contributed by atoms with E-state index in [1.54, 1.807) is 6.92 Å². The fraction of sp³-hybridized carbons (Fsp3) is 0.263. The Bertz CT molecular complexity index is 1110. The van der Waals surface area contributed by atoms with Crippen LogP contribution in [0, 0.1) is 18.6 Å². The Balaban J connectivity index is 1.35. The average Bonchev–Trinajstić information content (AvgIpc) is 3.29. The summed E-state index contributed by atoms with van der Waals surface area (Å²) in [6.07, 6.45) is 0.614. The third-order valence-corrected chi connectivity index (χ3v) is 5.46. The topological polar surface area (TPSA) is 100 Å². The molecule has 0 bridgehead atoms. The van der Waals surface area contributed by atoms with Crippen molar-refractivity contribution < 1.29 is 22.9 Å². The van der Waals surface area contributed by atoms with Crippen molar-refractivity contribution >= 4 is 34.0 Å². The van der Waals surface area contributed by atoms with Gasteiger partial charge in [-0.05, 0) is 19.1 Å². The molecule has 2 amide bonds. The Morgan fingerprint density at radius 1 is 1.27 bits per heavy atom. The number of hydrogen-bond acceptors (Lipinski definition) is 7. The summed E-state index contributed by atoms with van der Waals surface area (Å²) in [6.45, 7) is 2.81. The molecule has 30 heavy (non-hydrogen) atoms. The molecule has 156 valence electrons. The molecule has 11 heteroatoms. The first-order valence-corrected chi connectivity index (χ1v) is 9.89. The van der Waals surface area contributed by atoms with Gasteiger partial charge in [-0.3, -0.25) is 19.8 Å². The van der Waals surface area contributed by atoms with Crippen LogP contribution in [0.2, 0.25) is 0 Å². The summed E-state index contributed by atoms with van der Waals surface area (Å²) in [4.78, 5) is 31.7. The van der Waals surface area contributed by atoms with E-state index in [0.717, 1.165) is 22.7 Å². The largest absolute Gasteiger partial charge is 0.361 e. The first-order valence-electron chi connectivity index (χ1n) is 9.08.